The van der Waals surface area contributed by atoms with E-state index in [1.165, 1.54) is 114 Å². The van der Waals surface area contributed by atoms with E-state index >= 15 is 0 Å². The number of fused-ring (bicyclic) bond motifs is 12. The normalized spacial score (nSPS) is 26.4. The van der Waals surface area contributed by atoms with Crippen LogP contribution in [0.5, 0.6) is 0 Å². The summed E-state index contributed by atoms with van der Waals surface area (Å²) in [4.78, 5) is 2.55. The number of furan rings is 1. The lowest BCUT2D eigenvalue weighted by Gasteiger charge is -2.53. The molecular weight excluding hydrogens is 655 g/mol. The van der Waals surface area contributed by atoms with Crippen LogP contribution in [-0.4, -0.2) is 0 Å². The Morgan fingerprint density at radius 3 is 2.02 bits per heavy atom. The molecule has 7 aliphatic rings. The molecule has 6 aromatic carbocycles. The van der Waals surface area contributed by atoms with Crippen molar-refractivity contribution >= 4 is 39.0 Å². The second kappa shape index (κ2) is 10.8. The van der Waals surface area contributed by atoms with Crippen LogP contribution >= 0.6 is 0 Å². The van der Waals surface area contributed by atoms with Crippen molar-refractivity contribution in [1.82, 2.24) is 0 Å². The van der Waals surface area contributed by atoms with E-state index in [9.17, 15) is 0 Å². The summed E-state index contributed by atoms with van der Waals surface area (Å²) in [5, 5.41) is 2.35. The third-order valence-electron chi connectivity index (χ3n) is 15.7. The Hall–Kier alpha value is -5.08. The average Bonchev–Trinajstić information content (AvgIpc) is 3.94. The summed E-state index contributed by atoms with van der Waals surface area (Å²) in [6.45, 7) is 0. The fourth-order valence-electron chi connectivity index (χ4n) is 13.8. The van der Waals surface area contributed by atoms with Crippen molar-refractivity contribution in [2.75, 3.05) is 4.90 Å². The second-order valence-corrected chi connectivity index (χ2v) is 18.0. The third-order valence-corrected chi connectivity index (χ3v) is 15.7. The lowest BCUT2D eigenvalue weighted by atomic mass is 9.51. The molecule has 0 radical (unpaired) electrons. The first-order valence-corrected chi connectivity index (χ1v) is 20.9. The largest absolute Gasteiger partial charge is 0.456 e. The van der Waals surface area contributed by atoms with Gasteiger partial charge >= 0.3 is 0 Å². The molecule has 0 saturated heterocycles. The van der Waals surface area contributed by atoms with Crippen LogP contribution in [0.25, 0.3) is 44.2 Å². The third kappa shape index (κ3) is 3.82. The predicted molar refractivity (Wildman–Crippen MR) is 221 cm³/mol. The molecule has 5 saturated carbocycles. The van der Waals surface area contributed by atoms with Crippen molar-refractivity contribution in [3.8, 4) is 22.3 Å². The molecule has 0 aliphatic heterocycles. The minimum Gasteiger partial charge on any atom is -0.456 e. The van der Waals surface area contributed by atoms with Crippen molar-refractivity contribution < 1.29 is 4.42 Å². The van der Waals surface area contributed by atoms with E-state index in [4.69, 9.17) is 4.42 Å². The fraction of sp³-hybridized carbons (Fsp3) is 0.308. The van der Waals surface area contributed by atoms with Crippen molar-refractivity contribution in [1.29, 1.82) is 0 Å². The van der Waals surface area contributed by atoms with E-state index in [2.05, 4.69) is 132 Å². The zero-order valence-electron chi connectivity index (χ0n) is 30.9. The summed E-state index contributed by atoms with van der Waals surface area (Å²) in [5.41, 5.74) is 17.9. The van der Waals surface area contributed by atoms with E-state index in [0.717, 1.165) is 34.6 Å². The number of para-hydroxylation sites is 1. The zero-order valence-corrected chi connectivity index (χ0v) is 30.9. The highest BCUT2D eigenvalue weighted by molar-refractivity contribution is 6.06. The Labute approximate surface area is 317 Å². The van der Waals surface area contributed by atoms with Crippen LogP contribution < -0.4 is 4.90 Å². The Balaban J connectivity index is 1.04. The number of benzene rings is 6. The van der Waals surface area contributed by atoms with Crippen molar-refractivity contribution in [2.24, 2.45) is 23.7 Å². The minimum absolute atomic E-state index is 0.105. The van der Waals surface area contributed by atoms with Crippen LogP contribution in [0.2, 0.25) is 0 Å². The van der Waals surface area contributed by atoms with Gasteiger partial charge in [0.15, 0.2) is 0 Å². The first kappa shape index (κ1) is 30.3. The Morgan fingerprint density at radius 1 is 0.463 bits per heavy atom. The van der Waals surface area contributed by atoms with Crippen LogP contribution in [0.15, 0.2) is 132 Å². The van der Waals surface area contributed by atoms with E-state index in [1.54, 1.807) is 16.7 Å². The maximum atomic E-state index is 6.56. The lowest BCUT2D eigenvalue weighted by molar-refractivity contribution is 0.0618. The number of rotatable bonds is 3. The van der Waals surface area contributed by atoms with E-state index in [0.29, 0.717) is 5.92 Å². The van der Waals surface area contributed by atoms with Gasteiger partial charge in [-0.1, -0.05) is 98.1 Å². The maximum Gasteiger partial charge on any atom is 0.137 e. The van der Waals surface area contributed by atoms with Crippen molar-refractivity contribution in [3.05, 3.63) is 150 Å². The van der Waals surface area contributed by atoms with Gasteiger partial charge in [-0.05, 0) is 156 Å². The summed E-state index contributed by atoms with van der Waals surface area (Å²) >= 11 is 0. The number of hydrogen-bond acceptors (Lipinski definition) is 2. The van der Waals surface area contributed by atoms with Gasteiger partial charge in [0, 0.05) is 44.7 Å². The van der Waals surface area contributed by atoms with Gasteiger partial charge in [0.2, 0.25) is 0 Å². The second-order valence-electron chi connectivity index (χ2n) is 18.0. The molecule has 0 N–H and O–H groups in total. The molecule has 264 valence electrons. The van der Waals surface area contributed by atoms with E-state index < -0.39 is 0 Å². The monoisotopic (exact) mass is 699 g/mol. The molecule has 1 heterocycles. The first-order chi connectivity index (χ1) is 26.7. The van der Waals surface area contributed by atoms with Crippen LogP contribution in [0, 0.1) is 23.7 Å². The van der Waals surface area contributed by atoms with Gasteiger partial charge in [0.1, 0.15) is 11.2 Å². The van der Waals surface area contributed by atoms with Gasteiger partial charge in [0.25, 0.3) is 0 Å². The quantitative estimate of drug-likeness (QED) is 0.183. The van der Waals surface area contributed by atoms with Crippen LogP contribution in [0.1, 0.15) is 86.5 Å². The number of anilines is 3. The molecule has 5 fully saturated rings. The highest BCUT2D eigenvalue weighted by Crippen LogP contribution is 2.68. The lowest BCUT2D eigenvalue weighted by Crippen LogP contribution is -2.48. The van der Waals surface area contributed by atoms with Gasteiger partial charge in [-0.15, -0.1) is 0 Å². The molecule has 0 amide bonds. The molecular formula is C52H45NO. The van der Waals surface area contributed by atoms with E-state index in [-0.39, 0.29) is 10.8 Å². The van der Waals surface area contributed by atoms with Gasteiger partial charge in [-0.25, -0.2) is 0 Å². The Kier molecular flexibility index (Phi) is 6.04. The van der Waals surface area contributed by atoms with Crippen LogP contribution in [0.4, 0.5) is 17.1 Å². The number of nitrogens with zero attached hydrogens (tertiary/aromatic N) is 1. The summed E-state index contributed by atoms with van der Waals surface area (Å²) in [6.07, 6.45) is 13.5. The topological polar surface area (TPSA) is 16.4 Å². The number of hydrogen-bond donors (Lipinski definition) is 0. The molecule has 5 unspecified atom stereocenters. The average molecular weight is 700 g/mol. The molecule has 1 aromatic heterocycles. The molecule has 7 aromatic rings. The van der Waals surface area contributed by atoms with Gasteiger partial charge in [-0.2, -0.15) is 0 Å². The summed E-state index contributed by atoms with van der Waals surface area (Å²) in [7, 11) is 0. The van der Waals surface area contributed by atoms with Crippen LogP contribution in [0.3, 0.4) is 0 Å². The summed E-state index contributed by atoms with van der Waals surface area (Å²) in [5.74, 6) is 3.25. The summed E-state index contributed by atoms with van der Waals surface area (Å²) < 4.78 is 6.56. The molecule has 4 bridgehead atoms. The Morgan fingerprint density at radius 2 is 1.11 bits per heavy atom. The minimum atomic E-state index is 0.105. The van der Waals surface area contributed by atoms with Crippen LogP contribution in [-0.2, 0) is 10.8 Å². The molecule has 54 heavy (non-hydrogen) atoms. The molecule has 7 aliphatic carbocycles. The predicted octanol–water partition coefficient (Wildman–Crippen LogP) is 14.0. The standard InChI is InChI=1S/C52H45NO/c1-4-12-45-40(10-1)44-29-36(19-22-46(44)51(45)23-7-8-24-51)53(38-18-21-43-42-11-3-6-14-49(42)54-50(43)31-38)37-17-20-41-39-9-2-5-13-47(39)52(48(41)30-37)34-16-15-32-25-33(27-34)28-35(52)26-32/h1-6,9-14,17-22,29-35H,7-8,15-16,23-28H2. The molecule has 14 rings (SSSR count). The zero-order chi connectivity index (χ0) is 35.2. The fourth-order valence-corrected chi connectivity index (χ4v) is 13.8. The molecule has 2 spiro atoms. The highest BCUT2D eigenvalue weighted by Gasteiger charge is 2.59. The maximum absolute atomic E-state index is 6.56. The smallest absolute Gasteiger partial charge is 0.137 e. The Bertz CT molecular complexity index is 2680. The SMILES string of the molecule is c1ccc2c(c1)-c1cc(N(c3ccc4c(c3)C3(c5ccccc5-4)C4CCC5CC(C4)CC3C5)c3ccc4c(c3)oc3ccccc34)ccc1C21CCCC1. The molecule has 2 nitrogen and oxygen atoms in total. The van der Waals surface area contributed by atoms with Gasteiger partial charge in [0.05, 0.1) is 0 Å². The van der Waals surface area contributed by atoms with Gasteiger partial charge in [-0.3, -0.25) is 0 Å². The van der Waals surface area contributed by atoms with Crippen molar-refractivity contribution in [2.45, 2.75) is 75.0 Å². The molecule has 2 heteroatoms. The first-order valence-electron chi connectivity index (χ1n) is 20.9. The van der Waals surface area contributed by atoms with Gasteiger partial charge < -0.3 is 9.32 Å². The highest BCUT2D eigenvalue weighted by atomic mass is 16.3. The van der Waals surface area contributed by atoms with E-state index in [1.807, 2.05) is 0 Å². The van der Waals surface area contributed by atoms with Crippen molar-refractivity contribution in [3.63, 3.8) is 0 Å². The molecule has 5 atom stereocenters. The summed E-state index contributed by atoms with van der Waals surface area (Å²) in [6, 6.07) is 49.2.